The second-order valence-electron chi connectivity index (χ2n) is 5.81. The van der Waals surface area contributed by atoms with Crippen molar-refractivity contribution >= 4 is 17.5 Å². The first-order chi connectivity index (χ1) is 11.6. The molecule has 0 aliphatic carbocycles. The highest BCUT2D eigenvalue weighted by Gasteiger charge is 2.25. The molecule has 0 fully saturated rings. The van der Waals surface area contributed by atoms with Gasteiger partial charge in [0.1, 0.15) is 5.75 Å². The molecule has 0 unspecified atom stereocenters. The maximum absolute atomic E-state index is 12.1. The Bertz CT molecular complexity index is 741. The zero-order chi connectivity index (χ0) is 16.9. The molecule has 5 heteroatoms. The van der Waals surface area contributed by atoms with Crippen molar-refractivity contribution in [2.24, 2.45) is 0 Å². The molecule has 124 valence electrons. The summed E-state index contributed by atoms with van der Waals surface area (Å²) >= 11 is 0. The summed E-state index contributed by atoms with van der Waals surface area (Å²) in [5, 5.41) is 2.89. The summed E-state index contributed by atoms with van der Waals surface area (Å²) < 4.78 is 5.40. The topological polar surface area (TPSA) is 58.6 Å². The molecule has 5 nitrogen and oxygen atoms in total. The van der Waals surface area contributed by atoms with E-state index < -0.39 is 0 Å². The number of anilines is 1. The van der Waals surface area contributed by atoms with Gasteiger partial charge in [-0.1, -0.05) is 42.0 Å². The van der Waals surface area contributed by atoms with Gasteiger partial charge in [-0.25, -0.2) is 0 Å². The predicted molar refractivity (Wildman–Crippen MR) is 91.9 cm³/mol. The van der Waals surface area contributed by atoms with Crippen molar-refractivity contribution in [2.75, 3.05) is 18.1 Å². The number of para-hydroxylation sites is 2. The van der Waals surface area contributed by atoms with Crippen molar-refractivity contribution in [3.05, 3.63) is 59.7 Å². The van der Waals surface area contributed by atoms with Crippen LogP contribution in [0.5, 0.6) is 5.75 Å². The van der Waals surface area contributed by atoms with Gasteiger partial charge in [0.05, 0.1) is 5.69 Å². The van der Waals surface area contributed by atoms with Gasteiger partial charge in [-0.3, -0.25) is 9.59 Å². The minimum Gasteiger partial charge on any atom is -0.482 e. The van der Waals surface area contributed by atoms with Crippen LogP contribution in [0.4, 0.5) is 5.69 Å². The molecule has 2 aromatic rings. The van der Waals surface area contributed by atoms with Gasteiger partial charge < -0.3 is 15.0 Å². The fourth-order valence-electron chi connectivity index (χ4n) is 2.61. The average Bonchev–Trinajstić information content (AvgIpc) is 2.60. The summed E-state index contributed by atoms with van der Waals surface area (Å²) in [6.45, 7) is 2.88. The normalized spacial score (nSPS) is 13.2. The van der Waals surface area contributed by atoms with Crippen LogP contribution in [0.15, 0.2) is 48.5 Å². The monoisotopic (exact) mass is 324 g/mol. The number of aryl methyl sites for hydroxylation is 1. The van der Waals surface area contributed by atoms with Gasteiger partial charge in [-0.05, 0) is 24.6 Å². The Morgan fingerprint density at radius 1 is 1.17 bits per heavy atom. The van der Waals surface area contributed by atoms with Gasteiger partial charge >= 0.3 is 0 Å². The molecule has 2 aromatic carbocycles. The molecule has 0 bridgehead atoms. The van der Waals surface area contributed by atoms with Crippen LogP contribution in [0.2, 0.25) is 0 Å². The minimum atomic E-state index is -0.125. The first-order valence-electron chi connectivity index (χ1n) is 7.98. The molecule has 0 saturated heterocycles. The number of fused-ring (bicyclic) bond motifs is 1. The van der Waals surface area contributed by atoms with Crippen molar-refractivity contribution in [2.45, 2.75) is 19.9 Å². The van der Waals surface area contributed by atoms with E-state index in [1.807, 2.05) is 55.5 Å². The third-order valence-corrected chi connectivity index (χ3v) is 3.98. The third-order valence-electron chi connectivity index (χ3n) is 3.98. The Morgan fingerprint density at radius 3 is 2.71 bits per heavy atom. The highest BCUT2D eigenvalue weighted by molar-refractivity contribution is 5.98. The van der Waals surface area contributed by atoms with Gasteiger partial charge in [0.15, 0.2) is 6.61 Å². The molecular formula is C19H20N2O3. The molecule has 0 aromatic heterocycles. The summed E-state index contributed by atoms with van der Waals surface area (Å²) in [5.41, 5.74) is 2.97. The summed E-state index contributed by atoms with van der Waals surface area (Å²) in [4.78, 5) is 25.7. The molecule has 1 aliphatic heterocycles. The van der Waals surface area contributed by atoms with E-state index in [1.54, 1.807) is 4.90 Å². The Labute approximate surface area is 141 Å². The lowest BCUT2D eigenvalue weighted by Gasteiger charge is -2.29. The number of carbonyl (C=O) groups is 2. The molecule has 1 heterocycles. The van der Waals surface area contributed by atoms with Crippen LogP contribution in [-0.4, -0.2) is 25.0 Å². The number of amides is 2. The lowest BCUT2D eigenvalue weighted by atomic mass is 10.1. The Balaban J connectivity index is 1.54. The molecular weight excluding hydrogens is 304 g/mol. The number of hydrogen-bond acceptors (Lipinski definition) is 3. The van der Waals surface area contributed by atoms with Crippen molar-refractivity contribution < 1.29 is 14.3 Å². The van der Waals surface area contributed by atoms with Crippen molar-refractivity contribution in [1.82, 2.24) is 5.32 Å². The van der Waals surface area contributed by atoms with E-state index in [0.717, 1.165) is 11.3 Å². The van der Waals surface area contributed by atoms with Crippen LogP contribution in [0, 0.1) is 6.92 Å². The Morgan fingerprint density at radius 2 is 1.92 bits per heavy atom. The SMILES string of the molecule is Cc1ccc(CNC(=O)CCN2C(=O)COc3ccccc32)cc1. The Kier molecular flexibility index (Phi) is 4.79. The standard InChI is InChI=1S/C19H20N2O3/c1-14-6-8-15(9-7-14)12-20-18(22)10-11-21-16-4-2-3-5-17(16)24-13-19(21)23/h2-9H,10-13H2,1H3,(H,20,22). The van der Waals surface area contributed by atoms with Crippen LogP contribution in [0.1, 0.15) is 17.5 Å². The molecule has 3 rings (SSSR count). The highest BCUT2D eigenvalue weighted by atomic mass is 16.5. The number of hydrogen-bond donors (Lipinski definition) is 1. The van der Waals surface area contributed by atoms with E-state index in [1.165, 1.54) is 5.56 Å². The van der Waals surface area contributed by atoms with Gasteiger partial charge in [0.2, 0.25) is 5.91 Å². The minimum absolute atomic E-state index is 0.0159. The Hall–Kier alpha value is -2.82. The largest absolute Gasteiger partial charge is 0.482 e. The number of nitrogens with zero attached hydrogens (tertiary/aromatic N) is 1. The number of benzene rings is 2. The van der Waals surface area contributed by atoms with E-state index in [9.17, 15) is 9.59 Å². The zero-order valence-electron chi connectivity index (χ0n) is 13.6. The van der Waals surface area contributed by atoms with Gasteiger partial charge in [-0.15, -0.1) is 0 Å². The third kappa shape index (κ3) is 3.74. The predicted octanol–water partition coefficient (Wildman–Crippen LogP) is 2.43. The molecule has 0 atom stereocenters. The van der Waals surface area contributed by atoms with E-state index in [4.69, 9.17) is 4.74 Å². The molecule has 24 heavy (non-hydrogen) atoms. The van der Waals surface area contributed by atoms with E-state index in [-0.39, 0.29) is 24.8 Å². The number of rotatable bonds is 5. The van der Waals surface area contributed by atoms with Crippen molar-refractivity contribution in [3.63, 3.8) is 0 Å². The van der Waals surface area contributed by atoms with Crippen molar-refractivity contribution in [3.8, 4) is 5.75 Å². The van der Waals surface area contributed by atoms with Gasteiger partial charge in [-0.2, -0.15) is 0 Å². The number of ether oxygens (including phenoxy) is 1. The fourth-order valence-corrected chi connectivity index (χ4v) is 2.61. The first-order valence-corrected chi connectivity index (χ1v) is 7.98. The second-order valence-corrected chi connectivity index (χ2v) is 5.81. The fraction of sp³-hybridized carbons (Fsp3) is 0.263. The summed E-state index contributed by atoms with van der Waals surface area (Å²) in [7, 11) is 0. The van der Waals surface area contributed by atoms with Crippen LogP contribution < -0.4 is 15.0 Å². The van der Waals surface area contributed by atoms with Crippen LogP contribution >= 0.6 is 0 Å². The second kappa shape index (κ2) is 7.17. The lowest BCUT2D eigenvalue weighted by Crippen LogP contribution is -2.41. The van der Waals surface area contributed by atoms with Crippen LogP contribution in [0.3, 0.4) is 0 Å². The van der Waals surface area contributed by atoms with Crippen molar-refractivity contribution in [1.29, 1.82) is 0 Å². The average molecular weight is 324 g/mol. The highest BCUT2D eigenvalue weighted by Crippen LogP contribution is 2.31. The smallest absolute Gasteiger partial charge is 0.265 e. The zero-order valence-corrected chi connectivity index (χ0v) is 13.6. The number of nitrogens with one attached hydrogen (secondary N) is 1. The number of carbonyl (C=O) groups excluding carboxylic acids is 2. The maximum atomic E-state index is 12.1. The molecule has 1 aliphatic rings. The molecule has 0 radical (unpaired) electrons. The summed E-state index contributed by atoms with van der Waals surface area (Å²) in [6, 6.07) is 15.4. The van der Waals surface area contributed by atoms with E-state index >= 15 is 0 Å². The molecule has 1 N–H and O–H groups in total. The van der Waals surface area contributed by atoms with Gasteiger partial charge in [0, 0.05) is 19.5 Å². The van der Waals surface area contributed by atoms with Crippen LogP contribution in [-0.2, 0) is 16.1 Å². The molecule has 0 saturated carbocycles. The maximum Gasteiger partial charge on any atom is 0.265 e. The van der Waals surface area contributed by atoms with E-state index in [0.29, 0.717) is 18.8 Å². The van der Waals surface area contributed by atoms with E-state index in [2.05, 4.69) is 5.32 Å². The summed E-state index contributed by atoms with van der Waals surface area (Å²) in [5.74, 6) is 0.476. The first kappa shape index (κ1) is 16.1. The van der Waals surface area contributed by atoms with Crippen LogP contribution in [0.25, 0.3) is 0 Å². The summed E-state index contributed by atoms with van der Waals surface area (Å²) in [6.07, 6.45) is 0.256. The molecule has 0 spiro atoms. The molecule has 2 amide bonds. The van der Waals surface area contributed by atoms with Gasteiger partial charge in [0.25, 0.3) is 5.91 Å². The lowest BCUT2D eigenvalue weighted by molar-refractivity contribution is -0.122. The quantitative estimate of drug-likeness (QED) is 0.919.